The van der Waals surface area contributed by atoms with Crippen molar-refractivity contribution in [2.45, 2.75) is 31.6 Å². The standard InChI is InChI=1S/C17H15F4N3O/c18-14-6-3-12(17(19,20)21)8-15(14)23-16(25)24(13-4-5-13)10-11-2-1-7-22-9-11/h1-3,6-9,13H,4-5,10H2,(H,23,25). The molecule has 1 aliphatic rings. The average molecular weight is 353 g/mol. The molecule has 0 spiro atoms. The van der Waals surface area contributed by atoms with Crippen molar-refractivity contribution in [3.8, 4) is 0 Å². The summed E-state index contributed by atoms with van der Waals surface area (Å²) in [6.45, 7) is 0.255. The zero-order valence-corrected chi connectivity index (χ0v) is 13.1. The lowest BCUT2D eigenvalue weighted by atomic mass is 10.2. The smallest absolute Gasteiger partial charge is 0.317 e. The monoisotopic (exact) mass is 353 g/mol. The SMILES string of the molecule is O=C(Nc1cc(C(F)(F)F)ccc1F)N(Cc1cccnc1)C1CC1. The minimum absolute atomic E-state index is 0.00549. The maximum absolute atomic E-state index is 13.8. The van der Waals surface area contributed by atoms with Gasteiger partial charge in [-0.25, -0.2) is 9.18 Å². The van der Waals surface area contributed by atoms with Gasteiger partial charge in [0.25, 0.3) is 0 Å². The van der Waals surface area contributed by atoms with Crippen LogP contribution in [0.3, 0.4) is 0 Å². The molecule has 1 fully saturated rings. The number of nitrogens with one attached hydrogen (secondary N) is 1. The van der Waals surface area contributed by atoms with Crippen LogP contribution in [-0.4, -0.2) is 22.0 Å². The molecule has 2 amide bonds. The van der Waals surface area contributed by atoms with Gasteiger partial charge in [-0.3, -0.25) is 4.98 Å². The fourth-order valence-electron chi connectivity index (χ4n) is 2.43. The number of benzene rings is 1. The Morgan fingerprint density at radius 2 is 2.04 bits per heavy atom. The number of hydrogen-bond donors (Lipinski definition) is 1. The lowest BCUT2D eigenvalue weighted by molar-refractivity contribution is -0.137. The van der Waals surface area contributed by atoms with Gasteiger partial charge in [-0.15, -0.1) is 0 Å². The van der Waals surface area contributed by atoms with Crippen molar-refractivity contribution < 1.29 is 22.4 Å². The molecule has 0 unspecified atom stereocenters. The molecule has 3 rings (SSSR count). The molecule has 1 aliphatic carbocycles. The van der Waals surface area contributed by atoms with Crippen LogP contribution in [-0.2, 0) is 12.7 Å². The van der Waals surface area contributed by atoms with Gasteiger partial charge in [-0.05, 0) is 42.7 Å². The molecule has 1 aromatic carbocycles. The van der Waals surface area contributed by atoms with Crippen molar-refractivity contribution in [2.24, 2.45) is 0 Å². The van der Waals surface area contributed by atoms with Gasteiger partial charge in [0.05, 0.1) is 11.3 Å². The number of carbonyl (C=O) groups is 1. The highest BCUT2D eigenvalue weighted by Crippen LogP contribution is 2.33. The highest BCUT2D eigenvalue weighted by molar-refractivity contribution is 5.90. The summed E-state index contributed by atoms with van der Waals surface area (Å²) >= 11 is 0. The van der Waals surface area contributed by atoms with E-state index in [1.807, 2.05) is 0 Å². The molecule has 25 heavy (non-hydrogen) atoms. The number of anilines is 1. The third-order valence-electron chi connectivity index (χ3n) is 3.86. The fourth-order valence-corrected chi connectivity index (χ4v) is 2.43. The molecule has 0 radical (unpaired) electrons. The number of carbonyl (C=O) groups excluding carboxylic acids is 1. The van der Waals surface area contributed by atoms with Crippen LogP contribution in [0.2, 0.25) is 0 Å². The summed E-state index contributed by atoms with van der Waals surface area (Å²) in [4.78, 5) is 17.9. The number of aromatic nitrogens is 1. The summed E-state index contributed by atoms with van der Waals surface area (Å²) < 4.78 is 52.1. The number of nitrogens with zero attached hydrogens (tertiary/aromatic N) is 2. The second kappa shape index (κ2) is 6.70. The predicted octanol–water partition coefficient (Wildman–Crippen LogP) is 4.44. The molecule has 0 saturated heterocycles. The van der Waals surface area contributed by atoms with Crippen molar-refractivity contribution in [3.63, 3.8) is 0 Å². The summed E-state index contributed by atoms with van der Waals surface area (Å²) in [7, 11) is 0. The van der Waals surface area contributed by atoms with Crippen LogP contribution in [0, 0.1) is 5.82 Å². The number of alkyl halides is 3. The number of amides is 2. The Labute approximate surface area is 141 Å². The van der Waals surface area contributed by atoms with E-state index in [0.29, 0.717) is 18.2 Å². The van der Waals surface area contributed by atoms with E-state index in [1.54, 1.807) is 24.5 Å². The van der Waals surface area contributed by atoms with Crippen LogP contribution < -0.4 is 5.32 Å². The third kappa shape index (κ3) is 4.26. The molecule has 8 heteroatoms. The summed E-state index contributed by atoms with van der Waals surface area (Å²) in [6, 6.07) is 4.81. The second-order valence-electron chi connectivity index (χ2n) is 5.84. The van der Waals surface area contributed by atoms with E-state index in [4.69, 9.17) is 0 Å². The Kier molecular flexibility index (Phi) is 4.61. The Hall–Kier alpha value is -2.64. The molecular weight excluding hydrogens is 338 g/mol. The second-order valence-corrected chi connectivity index (χ2v) is 5.84. The maximum Gasteiger partial charge on any atom is 0.416 e. The van der Waals surface area contributed by atoms with E-state index in [2.05, 4.69) is 10.3 Å². The van der Waals surface area contributed by atoms with Gasteiger partial charge in [0.1, 0.15) is 5.82 Å². The first-order valence-corrected chi connectivity index (χ1v) is 7.68. The van der Waals surface area contributed by atoms with Gasteiger partial charge in [0.2, 0.25) is 0 Å². The van der Waals surface area contributed by atoms with Crippen LogP contribution in [0.25, 0.3) is 0 Å². The van der Waals surface area contributed by atoms with Crippen molar-refractivity contribution >= 4 is 11.7 Å². The van der Waals surface area contributed by atoms with Gasteiger partial charge < -0.3 is 10.2 Å². The van der Waals surface area contributed by atoms with E-state index in [9.17, 15) is 22.4 Å². The highest BCUT2D eigenvalue weighted by Gasteiger charge is 2.34. The topological polar surface area (TPSA) is 45.2 Å². The summed E-state index contributed by atoms with van der Waals surface area (Å²) in [5, 5.41) is 2.26. The van der Waals surface area contributed by atoms with E-state index in [0.717, 1.165) is 18.4 Å². The van der Waals surface area contributed by atoms with Crippen LogP contribution in [0.15, 0.2) is 42.7 Å². The van der Waals surface area contributed by atoms with Gasteiger partial charge in [-0.2, -0.15) is 13.2 Å². The van der Waals surface area contributed by atoms with Crippen LogP contribution in [0.4, 0.5) is 28.0 Å². The molecule has 0 bridgehead atoms. The number of pyridine rings is 1. The Bertz CT molecular complexity index is 760. The summed E-state index contributed by atoms with van der Waals surface area (Å²) in [5.74, 6) is -0.918. The molecule has 4 nitrogen and oxygen atoms in total. The molecule has 2 aromatic rings. The lowest BCUT2D eigenvalue weighted by Crippen LogP contribution is -2.36. The van der Waals surface area contributed by atoms with Crippen LogP contribution >= 0.6 is 0 Å². The number of hydrogen-bond acceptors (Lipinski definition) is 2. The molecule has 1 aromatic heterocycles. The molecule has 0 atom stereocenters. The third-order valence-corrected chi connectivity index (χ3v) is 3.86. The number of halogens is 4. The highest BCUT2D eigenvalue weighted by atomic mass is 19.4. The quantitative estimate of drug-likeness (QED) is 0.826. The first-order chi connectivity index (χ1) is 11.8. The Balaban J connectivity index is 1.78. The van der Waals surface area contributed by atoms with Gasteiger partial charge in [0, 0.05) is 25.0 Å². The minimum Gasteiger partial charge on any atom is -0.317 e. The average Bonchev–Trinajstić information content (AvgIpc) is 3.39. The maximum atomic E-state index is 13.8. The van der Waals surface area contributed by atoms with Gasteiger partial charge in [-0.1, -0.05) is 6.07 Å². The fraction of sp³-hybridized carbons (Fsp3) is 0.294. The molecule has 1 N–H and O–H groups in total. The van der Waals surface area contributed by atoms with E-state index in [1.165, 1.54) is 4.90 Å². The lowest BCUT2D eigenvalue weighted by Gasteiger charge is -2.23. The minimum atomic E-state index is -4.61. The van der Waals surface area contributed by atoms with Crippen LogP contribution in [0.5, 0.6) is 0 Å². The van der Waals surface area contributed by atoms with Crippen molar-refractivity contribution in [2.75, 3.05) is 5.32 Å². The number of urea groups is 1. The van der Waals surface area contributed by atoms with Crippen molar-refractivity contribution in [1.82, 2.24) is 9.88 Å². The number of rotatable bonds is 4. The zero-order valence-electron chi connectivity index (χ0n) is 13.1. The Morgan fingerprint density at radius 1 is 1.28 bits per heavy atom. The van der Waals surface area contributed by atoms with E-state index < -0.39 is 29.3 Å². The first kappa shape index (κ1) is 17.2. The van der Waals surface area contributed by atoms with E-state index >= 15 is 0 Å². The molecular formula is C17H15F4N3O. The predicted molar refractivity (Wildman–Crippen MR) is 83.2 cm³/mol. The normalized spacial score (nSPS) is 14.2. The summed E-state index contributed by atoms with van der Waals surface area (Å²) in [5.41, 5.74) is -0.722. The van der Waals surface area contributed by atoms with E-state index in [-0.39, 0.29) is 12.6 Å². The Morgan fingerprint density at radius 3 is 2.64 bits per heavy atom. The molecule has 132 valence electrons. The first-order valence-electron chi connectivity index (χ1n) is 7.68. The van der Waals surface area contributed by atoms with Crippen molar-refractivity contribution in [3.05, 3.63) is 59.7 Å². The van der Waals surface area contributed by atoms with Gasteiger partial charge >= 0.3 is 12.2 Å². The van der Waals surface area contributed by atoms with Crippen LogP contribution in [0.1, 0.15) is 24.0 Å². The molecule has 1 saturated carbocycles. The van der Waals surface area contributed by atoms with Crippen molar-refractivity contribution in [1.29, 1.82) is 0 Å². The largest absolute Gasteiger partial charge is 0.416 e. The van der Waals surface area contributed by atoms with Gasteiger partial charge in [0.15, 0.2) is 0 Å². The zero-order chi connectivity index (χ0) is 18.0. The molecule has 1 heterocycles. The summed E-state index contributed by atoms with van der Waals surface area (Å²) in [6.07, 6.45) is 0.202. The molecule has 0 aliphatic heterocycles.